The lowest BCUT2D eigenvalue weighted by atomic mass is 9.47. The quantitative estimate of drug-likeness (QED) is 0.593. The Morgan fingerprint density at radius 2 is 2.26 bits per heavy atom. The Morgan fingerprint density at radius 1 is 1.48 bits per heavy atom. The molecule has 3 rings (SSSR count). The van der Waals surface area contributed by atoms with Crippen molar-refractivity contribution >= 4 is 23.3 Å². The predicted octanol–water partition coefficient (Wildman–Crippen LogP) is 3.77. The average Bonchev–Trinajstić information content (AvgIpc) is 2.74. The fourth-order valence-electron chi connectivity index (χ4n) is 5.06. The molecule has 4 heteroatoms. The summed E-state index contributed by atoms with van der Waals surface area (Å²) in [4.78, 5) is 25.1. The van der Waals surface area contributed by atoms with Gasteiger partial charge in [-0.2, -0.15) is 0 Å². The Hall–Kier alpha value is -1.09. The lowest BCUT2D eigenvalue weighted by molar-refractivity contribution is -0.149. The van der Waals surface area contributed by atoms with E-state index in [0.717, 1.165) is 24.8 Å². The number of carbonyl (C=O) groups is 2. The number of nitrogens with one attached hydrogen (secondary N) is 1. The third-order valence-corrected chi connectivity index (χ3v) is 6.64. The number of fused-ring (bicyclic) bond motifs is 1. The van der Waals surface area contributed by atoms with E-state index in [9.17, 15) is 9.59 Å². The highest BCUT2D eigenvalue weighted by Gasteiger charge is 2.73. The van der Waals surface area contributed by atoms with Crippen molar-refractivity contribution in [3.8, 4) is 0 Å². The molecule has 23 heavy (non-hydrogen) atoms. The van der Waals surface area contributed by atoms with Crippen LogP contribution in [0.25, 0.3) is 0 Å². The van der Waals surface area contributed by atoms with Gasteiger partial charge in [0, 0.05) is 23.6 Å². The lowest BCUT2D eigenvalue weighted by Gasteiger charge is -2.55. The molecular formula is C19H26ClNO2. The molecule has 2 aliphatic carbocycles. The van der Waals surface area contributed by atoms with E-state index in [1.165, 1.54) is 6.42 Å². The smallest absolute Gasteiger partial charge is 0.224 e. The minimum Gasteiger partial charge on any atom is -0.342 e. The zero-order valence-corrected chi connectivity index (χ0v) is 14.6. The predicted molar refractivity (Wildman–Crippen MR) is 92.3 cm³/mol. The van der Waals surface area contributed by atoms with Gasteiger partial charge in [0.15, 0.2) is 5.78 Å². The maximum atomic E-state index is 12.6. The molecule has 0 aromatic carbocycles. The molecule has 1 aliphatic heterocycles. The zero-order chi connectivity index (χ0) is 16.7. The molecule has 0 radical (unpaired) electrons. The highest BCUT2D eigenvalue weighted by atomic mass is 35.5. The molecule has 1 saturated heterocycles. The average molecular weight is 336 g/mol. The molecule has 2 fully saturated rings. The second-order valence-corrected chi connectivity index (χ2v) is 7.71. The molecule has 126 valence electrons. The SMILES string of the molecule is C=C(C[C@@]12NC(=O)[C@H](CCCl)[C@]1(CC)CC2=O)[C@@H]1C=CCCC1. The third kappa shape index (κ3) is 2.31. The maximum Gasteiger partial charge on any atom is 0.224 e. The van der Waals surface area contributed by atoms with Crippen LogP contribution in [0.15, 0.2) is 24.3 Å². The molecule has 3 nitrogen and oxygen atoms in total. The number of carbonyl (C=O) groups excluding carboxylic acids is 2. The fraction of sp³-hybridized carbons (Fsp3) is 0.684. The highest BCUT2D eigenvalue weighted by Crippen LogP contribution is 2.62. The van der Waals surface area contributed by atoms with Crippen molar-refractivity contribution in [1.82, 2.24) is 5.32 Å². The molecule has 0 aromatic rings. The molecule has 1 amide bonds. The fourth-order valence-corrected chi connectivity index (χ4v) is 5.27. The van der Waals surface area contributed by atoms with E-state index < -0.39 is 5.54 Å². The first-order valence-corrected chi connectivity index (χ1v) is 9.30. The van der Waals surface area contributed by atoms with E-state index in [1.807, 2.05) is 0 Å². The van der Waals surface area contributed by atoms with E-state index in [0.29, 0.717) is 31.1 Å². The first-order chi connectivity index (χ1) is 11.0. The Morgan fingerprint density at radius 3 is 2.83 bits per heavy atom. The Kier molecular flexibility index (Phi) is 4.43. The largest absolute Gasteiger partial charge is 0.342 e. The van der Waals surface area contributed by atoms with E-state index in [2.05, 4.69) is 31.0 Å². The molecule has 0 bridgehead atoms. The van der Waals surface area contributed by atoms with Gasteiger partial charge in [0.2, 0.25) is 5.91 Å². The normalized spacial score (nSPS) is 38.9. The zero-order valence-electron chi connectivity index (χ0n) is 13.9. The summed E-state index contributed by atoms with van der Waals surface area (Å²) in [5.41, 5.74) is 0.0913. The van der Waals surface area contributed by atoms with Crippen LogP contribution in [-0.2, 0) is 9.59 Å². The van der Waals surface area contributed by atoms with Crippen LogP contribution in [0.5, 0.6) is 0 Å². The Balaban J connectivity index is 1.87. The van der Waals surface area contributed by atoms with Crippen LogP contribution in [0.3, 0.4) is 0 Å². The van der Waals surface area contributed by atoms with Crippen molar-refractivity contribution in [3.05, 3.63) is 24.3 Å². The summed E-state index contributed by atoms with van der Waals surface area (Å²) >= 11 is 5.92. The van der Waals surface area contributed by atoms with Crippen LogP contribution in [0.2, 0.25) is 0 Å². The number of alkyl halides is 1. The van der Waals surface area contributed by atoms with Crippen LogP contribution in [0.4, 0.5) is 0 Å². The Labute approximate surface area is 143 Å². The standard InChI is InChI=1S/C19H26ClNO2/c1-3-18-12-16(22)19(18,21-17(23)15(18)9-10-20)11-13(2)14-7-5-4-6-8-14/h5,7,14-15H,2-4,6,8-12H2,1H3,(H,21,23)/t14-,15+,18+,19+/m1/s1. The van der Waals surface area contributed by atoms with Gasteiger partial charge in [0.25, 0.3) is 0 Å². The Bertz CT molecular complexity index is 570. The molecule has 0 spiro atoms. The molecule has 1 heterocycles. The second-order valence-electron chi connectivity index (χ2n) is 7.34. The monoisotopic (exact) mass is 335 g/mol. The van der Waals surface area contributed by atoms with Gasteiger partial charge in [0.1, 0.15) is 5.54 Å². The van der Waals surface area contributed by atoms with Crippen molar-refractivity contribution in [2.75, 3.05) is 5.88 Å². The van der Waals surface area contributed by atoms with Gasteiger partial charge in [-0.05, 0) is 44.4 Å². The van der Waals surface area contributed by atoms with E-state index in [4.69, 9.17) is 11.6 Å². The van der Waals surface area contributed by atoms with Crippen molar-refractivity contribution in [2.24, 2.45) is 17.3 Å². The first kappa shape index (κ1) is 16.8. The van der Waals surface area contributed by atoms with Gasteiger partial charge in [-0.3, -0.25) is 9.59 Å². The topological polar surface area (TPSA) is 46.2 Å². The summed E-state index contributed by atoms with van der Waals surface area (Å²) < 4.78 is 0. The minimum absolute atomic E-state index is 0.00494. The number of halogens is 1. The molecule has 1 N–H and O–H groups in total. The van der Waals surface area contributed by atoms with Gasteiger partial charge in [0.05, 0.1) is 0 Å². The molecular weight excluding hydrogens is 310 g/mol. The highest BCUT2D eigenvalue weighted by molar-refractivity contribution is 6.18. The third-order valence-electron chi connectivity index (χ3n) is 6.42. The van der Waals surface area contributed by atoms with Gasteiger partial charge < -0.3 is 5.32 Å². The summed E-state index contributed by atoms with van der Waals surface area (Å²) in [7, 11) is 0. The molecule has 0 aromatic heterocycles. The van der Waals surface area contributed by atoms with Crippen LogP contribution < -0.4 is 5.32 Å². The van der Waals surface area contributed by atoms with Crippen molar-refractivity contribution in [1.29, 1.82) is 0 Å². The first-order valence-electron chi connectivity index (χ1n) is 8.76. The molecule has 4 atom stereocenters. The number of hydrogen-bond acceptors (Lipinski definition) is 2. The molecule has 3 aliphatic rings. The van der Waals surface area contributed by atoms with E-state index in [-0.39, 0.29) is 23.0 Å². The number of Topliss-reactive ketones (excluding diaryl/α,β-unsaturated/α-hetero) is 1. The molecule has 1 saturated carbocycles. The van der Waals surface area contributed by atoms with Crippen molar-refractivity contribution in [3.63, 3.8) is 0 Å². The number of rotatable bonds is 6. The summed E-state index contributed by atoms with van der Waals surface area (Å²) in [6.45, 7) is 6.36. The van der Waals surface area contributed by atoms with E-state index >= 15 is 0 Å². The van der Waals surface area contributed by atoms with Crippen molar-refractivity contribution < 1.29 is 9.59 Å². The maximum absolute atomic E-state index is 12.6. The second kappa shape index (κ2) is 6.08. The summed E-state index contributed by atoms with van der Waals surface area (Å²) in [5.74, 6) is 0.828. The number of ketones is 1. The number of hydrogen-bond donors (Lipinski definition) is 1. The lowest BCUT2D eigenvalue weighted by Crippen LogP contribution is -2.68. The van der Waals surface area contributed by atoms with Crippen LogP contribution in [0.1, 0.15) is 51.9 Å². The van der Waals surface area contributed by atoms with Crippen LogP contribution in [0, 0.1) is 17.3 Å². The number of amides is 1. The summed E-state index contributed by atoms with van der Waals surface area (Å²) in [6, 6.07) is 0. The minimum atomic E-state index is -0.724. The van der Waals surface area contributed by atoms with Gasteiger partial charge >= 0.3 is 0 Å². The van der Waals surface area contributed by atoms with Crippen LogP contribution in [-0.4, -0.2) is 23.1 Å². The number of allylic oxidation sites excluding steroid dienone is 2. The van der Waals surface area contributed by atoms with Gasteiger partial charge in [-0.1, -0.05) is 31.2 Å². The summed E-state index contributed by atoms with van der Waals surface area (Å²) in [5, 5.41) is 3.08. The molecule has 0 unspecified atom stereocenters. The van der Waals surface area contributed by atoms with Gasteiger partial charge in [-0.25, -0.2) is 0 Å². The van der Waals surface area contributed by atoms with E-state index in [1.54, 1.807) is 0 Å². The van der Waals surface area contributed by atoms with Crippen molar-refractivity contribution in [2.45, 2.75) is 57.4 Å². The van der Waals surface area contributed by atoms with Gasteiger partial charge in [-0.15, -0.1) is 11.6 Å². The summed E-state index contributed by atoms with van der Waals surface area (Å²) in [6.07, 6.45) is 10.4. The van der Waals surface area contributed by atoms with Crippen LogP contribution >= 0.6 is 11.6 Å².